The van der Waals surface area contributed by atoms with E-state index < -0.39 is 8.32 Å². The molecule has 0 heterocycles. The second-order valence-corrected chi connectivity index (χ2v) is 11.2. The van der Waals surface area contributed by atoms with E-state index in [9.17, 15) is 4.79 Å². The summed E-state index contributed by atoms with van der Waals surface area (Å²) in [6.45, 7) is 15.5. The van der Waals surface area contributed by atoms with E-state index in [1.54, 1.807) is 0 Å². The molecule has 0 aliphatic heterocycles. The monoisotopic (exact) mass is 244 g/mol. The van der Waals surface area contributed by atoms with Crippen molar-refractivity contribution in [3.8, 4) is 0 Å². The molecule has 2 atom stereocenters. The number of carbonyl (C=O) groups is 1. The molecule has 0 saturated carbocycles. The van der Waals surface area contributed by atoms with E-state index in [0.29, 0.717) is 12.3 Å². The van der Waals surface area contributed by atoms with Crippen molar-refractivity contribution in [2.75, 3.05) is 0 Å². The number of rotatable bonds is 6. The van der Waals surface area contributed by atoms with Gasteiger partial charge in [-0.1, -0.05) is 27.7 Å². The Morgan fingerprint density at radius 1 is 1.25 bits per heavy atom. The van der Waals surface area contributed by atoms with Crippen LogP contribution in [-0.4, -0.2) is 20.7 Å². The van der Waals surface area contributed by atoms with Crippen LogP contribution in [0.3, 0.4) is 0 Å². The third-order valence-corrected chi connectivity index (χ3v) is 8.14. The molecular formula is C13H28O2Si. The van der Waals surface area contributed by atoms with Crippen molar-refractivity contribution in [3.63, 3.8) is 0 Å². The minimum Gasteiger partial charge on any atom is -0.414 e. The van der Waals surface area contributed by atoms with Gasteiger partial charge >= 0.3 is 0 Å². The zero-order chi connectivity index (χ0) is 13.0. The zero-order valence-electron chi connectivity index (χ0n) is 12.0. The molecular weight excluding hydrogens is 216 g/mol. The van der Waals surface area contributed by atoms with Gasteiger partial charge < -0.3 is 9.22 Å². The highest BCUT2D eigenvalue weighted by molar-refractivity contribution is 6.74. The van der Waals surface area contributed by atoms with Gasteiger partial charge in [-0.05, 0) is 37.4 Å². The molecule has 2 nitrogen and oxygen atoms in total. The second-order valence-electron chi connectivity index (χ2n) is 6.43. The third kappa shape index (κ3) is 5.26. The minimum absolute atomic E-state index is 0.259. The first-order valence-corrected chi connectivity index (χ1v) is 9.12. The summed E-state index contributed by atoms with van der Waals surface area (Å²) in [5, 5.41) is 0.259. The maximum absolute atomic E-state index is 10.4. The lowest BCUT2D eigenvalue weighted by Gasteiger charge is -2.39. The summed E-state index contributed by atoms with van der Waals surface area (Å²) in [4.78, 5) is 10.4. The van der Waals surface area contributed by atoms with Gasteiger partial charge in [-0.2, -0.15) is 0 Å². The Kier molecular flexibility index (Phi) is 5.91. The summed E-state index contributed by atoms with van der Waals surface area (Å²) in [6, 6.07) is 0. The van der Waals surface area contributed by atoms with E-state index in [4.69, 9.17) is 4.43 Å². The molecule has 0 aliphatic rings. The molecule has 0 fully saturated rings. The van der Waals surface area contributed by atoms with Crippen LogP contribution in [0.4, 0.5) is 0 Å². The molecule has 0 unspecified atom stereocenters. The summed E-state index contributed by atoms with van der Waals surface area (Å²) in [6.07, 6.45) is 2.89. The summed E-state index contributed by atoms with van der Waals surface area (Å²) in [5.74, 6) is 0.428. The number of hydrogen-bond donors (Lipinski definition) is 0. The lowest BCUT2D eigenvalue weighted by atomic mass is 10.0. The van der Waals surface area contributed by atoms with Crippen molar-refractivity contribution >= 4 is 14.6 Å². The Morgan fingerprint density at radius 3 is 2.12 bits per heavy atom. The van der Waals surface area contributed by atoms with Crippen LogP contribution in [0, 0.1) is 5.92 Å². The molecule has 0 aliphatic carbocycles. The molecule has 0 aromatic rings. The molecule has 0 saturated heterocycles. The van der Waals surface area contributed by atoms with Crippen LogP contribution in [0.2, 0.25) is 18.1 Å². The predicted molar refractivity (Wildman–Crippen MR) is 72.2 cm³/mol. The van der Waals surface area contributed by atoms with Gasteiger partial charge in [0.1, 0.15) is 6.29 Å². The molecule has 0 N–H and O–H groups in total. The standard InChI is InChI=1S/C13H28O2Si/c1-11(8-9-14)10-12(2)15-16(6,7)13(3,4)5/h9,11-12H,8,10H2,1-7H3/t11-,12-/m1/s1. The summed E-state index contributed by atoms with van der Waals surface area (Å²) >= 11 is 0. The molecule has 3 heteroatoms. The number of carbonyl (C=O) groups excluding carboxylic acids is 1. The van der Waals surface area contributed by atoms with Crippen LogP contribution in [0.5, 0.6) is 0 Å². The first kappa shape index (κ1) is 15.8. The zero-order valence-corrected chi connectivity index (χ0v) is 13.0. The van der Waals surface area contributed by atoms with Crippen molar-refractivity contribution in [2.24, 2.45) is 5.92 Å². The van der Waals surface area contributed by atoms with Gasteiger partial charge in [-0.25, -0.2) is 0 Å². The van der Waals surface area contributed by atoms with Crippen molar-refractivity contribution in [3.05, 3.63) is 0 Å². The molecule has 0 aromatic heterocycles. The summed E-state index contributed by atoms with van der Waals surface area (Å²) < 4.78 is 6.24. The Bertz CT molecular complexity index is 218. The van der Waals surface area contributed by atoms with Crippen LogP contribution in [0.15, 0.2) is 0 Å². The van der Waals surface area contributed by atoms with Crippen molar-refractivity contribution < 1.29 is 9.22 Å². The maximum atomic E-state index is 10.4. The van der Waals surface area contributed by atoms with Gasteiger partial charge in [0.2, 0.25) is 0 Å². The van der Waals surface area contributed by atoms with Gasteiger partial charge in [0.05, 0.1) is 0 Å². The van der Waals surface area contributed by atoms with E-state index in [0.717, 1.165) is 12.7 Å². The molecule has 0 amide bonds. The normalized spacial score (nSPS) is 16.9. The Balaban J connectivity index is 4.23. The topological polar surface area (TPSA) is 26.3 Å². The third-order valence-electron chi connectivity index (χ3n) is 3.53. The van der Waals surface area contributed by atoms with Crippen molar-refractivity contribution in [2.45, 2.75) is 71.7 Å². The first-order valence-electron chi connectivity index (χ1n) is 6.21. The molecule has 16 heavy (non-hydrogen) atoms. The lowest BCUT2D eigenvalue weighted by Crippen LogP contribution is -2.43. The Labute approximate surface area is 102 Å². The van der Waals surface area contributed by atoms with Crippen molar-refractivity contribution in [1.29, 1.82) is 0 Å². The minimum atomic E-state index is -1.65. The molecule has 0 spiro atoms. The van der Waals surface area contributed by atoms with E-state index in [1.165, 1.54) is 0 Å². The first-order chi connectivity index (χ1) is 7.10. The highest BCUT2D eigenvalue weighted by Crippen LogP contribution is 2.37. The molecule has 0 aromatic carbocycles. The number of hydrogen-bond acceptors (Lipinski definition) is 2. The van der Waals surface area contributed by atoms with Crippen LogP contribution >= 0.6 is 0 Å². The van der Waals surface area contributed by atoms with Gasteiger partial charge in [0, 0.05) is 12.5 Å². The maximum Gasteiger partial charge on any atom is 0.192 e. The predicted octanol–water partition coefficient (Wildman–Crippen LogP) is 4.01. The molecule has 0 radical (unpaired) electrons. The lowest BCUT2D eigenvalue weighted by molar-refractivity contribution is -0.108. The quantitative estimate of drug-likeness (QED) is 0.521. The Hall–Kier alpha value is -0.153. The van der Waals surface area contributed by atoms with E-state index in [-0.39, 0.29) is 11.1 Å². The molecule has 0 rings (SSSR count). The van der Waals surface area contributed by atoms with Gasteiger partial charge in [0.25, 0.3) is 0 Å². The average molecular weight is 244 g/mol. The summed E-state index contributed by atoms with van der Waals surface area (Å²) in [7, 11) is -1.65. The molecule has 0 bridgehead atoms. The van der Waals surface area contributed by atoms with Gasteiger partial charge in [0.15, 0.2) is 8.32 Å². The van der Waals surface area contributed by atoms with Gasteiger partial charge in [-0.15, -0.1) is 0 Å². The second kappa shape index (κ2) is 5.96. The van der Waals surface area contributed by atoms with E-state index in [1.807, 2.05) is 0 Å². The smallest absolute Gasteiger partial charge is 0.192 e. The summed E-state index contributed by atoms with van der Waals surface area (Å²) in [5.41, 5.74) is 0. The van der Waals surface area contributed by atoms with Crippen LogP contribution in [0.1, 0.15) is 47.5 Å². The Morgan fingerprint density at radius 2 is 1.75 bits per heavy atom. The highest BCUT2D eigenvalue weighted by atomic mass is 28.4. The largest absolute Gasteiger partial charge is 0.414 e. The van der Waals surface area contributed by atoms with Crippen LogP contribution in [0.25, 0.3) is 0 Å². The fourth-order valence-electron chi connectivity index (χ4n) is 1.55. The van der Waals surface area contributed by atoms with E-state index >= 15 is 0 Å². The number of aldehydes is 1. The SMILES string of the molecule is C[C@H](CC=O)C[C@@H](C)O[Si](C)(C)C(C)(C)C. The highest BCUT2D eigenvalue weighted by Gasteiger charge is 2.38. The fourth-order valence-corrected chi connectivity index (χ4v) is 3.01. The van der Waals surface area contributed by atoms with Gasteiger partial charge in [-0.3, -0.25) is 0 Å². The van der Waals surface area contributed by atoms with Crippen LogP contribution in [-0.2, 0) is 9.22 Å². The van der Waals surface area contributed by atoms with Crippen molar-refractivity contribution in [1.82, 2.24) is 0 Å². The molecule has 96 valence electrons. The van der Waals surface area contributed by atoms with Crippen LogP contribution < -0.4 is 0 Å². The van der Waals surface area contributed by atoms with E-state index in [2.05, 4.69) is 47.7 Å². The fraction of sp³-hybridized carbons (Fsp3) is 0.923. The average Bonchev–Trinajstić information content (AvgIpc) is 1.99.